The van der Waals surface area contributed by atoms with E-state index in [1.807, 2.05) is 31.2 Å². The van der Waals surface area contributed by atoms with Crippen molar-refractivity contribution in [3.05, 3.63) is 53.2 Å². The minimum absolute atomic E-state index is 0. The van der Waals surface area contributed by atoms with E-state index >= 15 is 0 Å². The van der Waals surface area contributed by atoms with E-state index in [-0.39, 0.29) is 24.8 Å². The first kappa shape index (κ1) is 19.1. The molecule has 0 aliphatic heterocycles. The van der Waals surface area contributed by atoms with Crippen molar-refractivity contribution in [1.82, 2.24) is 4.98 Å². The molecule has 0 spiro atoms. The van der Waals surface area contributed by atoms with E-state index in [9.17, 15) is 0 Å². The summed E-state index contributed by atoms with van der Waals surface area (Å²) in [6, 6.07) is 12.0. The molecule has 2 nitrogen and oxygen atoms in total. The van der Waals surface area contributed by atoms with Gasteiger partial charge >= 0.3 is 116 Å². The Bertz CT molecular complexity index is 592. The third-order valence-electron chi connectivity index (χ3n) is 2.80. The molecule has 0 unspecified atom stereocenters. The number of hydrogen-bond acceptors (Lipinski definition) is 2. The van der Waals surface area contributed by atoms with E-state index in [1.165, 1.54) is 11.1 Å². The van der Waals surface area contributed by atoms with Crippen LogP contribution in [0.15, 0.2) is 41.4 Å². The molecule has 0 N–H and O–H groups in total. The van der Waals surface area contributed by atoms with Gasteiger partial charge < -0.3 is 0 Å². The largest absolute Gasteiger partial charge is 0.147 e. The van der Waals surface area contributed by atoms with Gasteiger partial charge in [0.25, 0.3) is 0 Å². The third-order valence-corrected chi connectivity index (χ3v) is 3.11. The number of aliphatic imine (C=N–C) groups is 1. The molecule has 0 aliphatic rings. The van der Waals surface area contributed by atoms with Gasteiger partial charge in [0.05, 0.1) is 0 Å². The smallest absolute Gasteiger partial charge is 0.147 e. The number of hydrogen-bond donors (Lipinski definition) is 0. The normalized spacial score (nSPS) is 10.5. The Morgan fingerprint density at radius 1 is 1.00 bits per heavy atom. The van der Waals surface area contributed by atoms with Crippen LogP contribution >= 0.6 is 24.8 Å². The van der Waals surface area contributed by atoms with Crippen LogP contribution in [0.5, 0.6) is 0 Å². The summed E-state index contributed by atoms with van der Waals surface area (Å²) in [5.41, 5.74) is 5.19. The van der Waals surface area contributed by atoms with Crippen LogP contribution in [0.1, 0.15) is 23.7 Å². The molecule has 1 heterocycles. The summed E-state index contributed by atoms with van der Waals surface area (Å²) in [6.45, 7) is 6.13. The number of rotatable bonds is 2. The molecule has 2 aromatic rings. The van der Waals surface area contributed by atoms with E-state index in [2.05, 4.69) is 47.0 Å². The van der Waals surface area contributed by atoms with E-state index < -0.39 is 0 Å². The molecule has 0 aliphatic carbocycles. The van der Waals surface area contributed by atoms with E-state index in [0.29, 0.717) is 0 Å². The van der Waals surface area contributed by atoms with Crippen molar-refractivity contribution in [2.45, 2.75) is 20.8 Å². The fourth-order valence-corrected chi connectivity index (χ4v) is 2.05. The SMILES string of the molecule is CC(=Nc1c(C)cccc1C)c1ccc[c]([Fe])n1.Cl.Cl. The van der Waals surface area contributed by atoms with Gasteiger partial charge in [-0.25, -0.2) is 0 Å². The van der Waals surface area contributed by atoms with Gasteiger partial charge in [-0.3, -0.25) is 0 Å². The quantitative estimate of drug-likeness (QED) is 0.595. The zero-order valence-corrected chi connectivity index (χ0v) is 14.3. The first-order valence-corrected chi connectivity index (χ1v) is 6.36. The molecule has 0 atom stereocenters. The van der Waals surface area contributed by atoms with E-state index in [0.717, 1.165) is 21.7 Å². The topological polar surface area (TPSA) is 25.2 Å². The minimum Gasteiger partial charge on any atom is -0.147 e. The molecule has 2 rings (SSSR count). The standard InChI is InChI=1S/C15H15N2.2ClH.Fe/c1-11-7-6-8-12(2)15(11)17-13(3)14-9-4-5-10-16-14;;;/h4-9H,1-3H3;2*1H;. The van der Waals surface area contributed by atoms with Crippen LogP contribution in [0.25, 0.3) is 0 Å². The Labute approximate surface area is 140 Å². The van der Waals surface area contributed by atoms with Crippen molar-refractivity contribution in [2.75, 3.05) is 0 Å². The number of para-hydroxylation sites is 1. The Hall–Kier alpha value is -0.861. The monoisotopic (exact) mass is 351 g/mol. The van der Waals surface area contributed by atoms with E-state index in [1.54, 1.807) is 0 Å². The molecule has 5 heteroatoms. The van der Waals surface area contributed by atoms with Gasteiger partial charge in [0.2, 0.25) is 0 Å². The third kappa shape index (κ3) is 4.60. The minimum atomic E-state index is 0. The number of benzene rings is 1. The molecule has 0 saturated heterocycles. The first-order valence-electron chi connectivity index (χ1n) is 5.81. The average molecular weight is 352 g/mol. The Morgan fingerprint density at radius 2 is 1.55 bits per heavy atom. The Morgan fingerprint density at radius 3 is 2.10 bits per heavy atom. The number of aromatic nitrogens is 1. The van der Waals surface area contributed by atoms with Crippen molar-refractivity contribution in [1.29, 1.82) is 0 Å². The number of aryl methyl sites for hydroxylation is 2. The molecular weight excluding hydrogens is 335 g/mol. The summed E-state index contributed by atoms with van der Waals surface area (Å²) >= 11 is 3.84. The summed E-state index contributed by atoms with van der Waals surface area (Å²) in [5.74, 6) is 0. The average Bonchev–Trinajstić information content (AvgIpc) is 2.34. The van der Waals surface area contributed by atoms with E-state index in [4.69, 9.17) is 4.99 Å². The second kappa shape index (κ2) is 8.43. The van der Waals surface area contributed by atoms with Crippen LogP contribution in [0.3, 0.4) is 0 Å². The molecule has 0 bridgehead atoms. The fourth-order valence-electron chi connectivity index (χ4n) is 1.81. The van der Waals surface area contributed by atoms with Crippen LogP contribution in [-0.2, 0) is 16.0 Å². The molecule has 0 fully saturated rings. The van der Waals surface area contributed by atoms with Crippen LogP contribution < -0.4 is 4.59 Å². The van der Waals surface area contributed by atoms with Crippen LogP contribution in [-0.4, -0.2) is 10.7 Å². The maximum absolute atomic E-state index is 4.70. The number of nitrogens with zero attached hydrogens (tertiary/aromatic N) is 2. The second-order valence-electron chi connectivity index (χ2n) is 4.27. The molecule has 0 saturated carbocycles. The number of halogens is 2. The van der Waals surface area contributed by atoms with Crippen molar-refractivity contribution < 1.29 is 16.0 Å². The summed E-state index contributed by atoms with van der Waals surface area (Å²) in [7, 11) is 0. The Balaban J connectivity index is 0.00000180. The summed E-state index contributed by atoms with van der Waals surface area (Å²) < 4.78 is 0.767. The molecule has 1 aromatic carbocycles. The van der Waals surface area contributed by atoms with Gasteiger partial charge in [0, 0.05) is 0 Å². The summed E-state index contributed by atoms with van der Waals surface area (Å²) in [5, 5.41) is 0. The first-order chi connectivity index (χ1) is 8.58. The van der Waals surface area contributed by atoms with Crippen LogP contribution in [0.2, 0.25) is 0 Å². The Kier molecular flexibility index (Phi) is 8.07. The zero-order valence-electron chi connectivity index (χ0n) is 11.5. The maximum atomic E-state index is 4.70. The second-order valence-corrected chi connectivity index (χ2v) is 4.84. The molecule has 20 heavy (non-hydrogen) atoms. The predicted octanol–water partition coefficient (Wildman–Crippen LogP) is 3.85. The fraction of sp³-hybridized carbons (Fsp3) is 0.200. The van der Waals surface area contributed by atoms with Gasteiger partial charge in [-0.15, -0.1) is 24.8 Å². The van der Waals surface area contributed by atoms with Crippen LogP contribution in [0, 0.1) is 13.8 Å². The number of pyridine rings is 1. The summed E-state index contributed by atoms with van der Waals surface area (Å²) in [4.78, 5) is 9.08. The maximum Gasteiger partial charge on any atom is -0.147 e. The zero-order chi connectivity index (χ0) is 13.1. The molecule has 1 aromatic heterocycles. The molecule has 0 amide bonds. The predicted molar refractivity (Wildman–Crippen MR) is 86.2 cm³/mol. The molecule has 109 valence electrons. The molecule has 0 radical (unpaired) electrons. The van der Waals surface area contributed by atoms with Gasteiger partial charge in [-0.2, -0.15) is 0 Å². The van der Waals surface area contributed by atoms with Crippen molar-refractivity contribution in [2.24, 2.45) is 4.99 Å². The van der Waals surface area contributed by atoms with Crippen molar-refractivity contribution >= 4 is 40.8 Å². The van der Waals surface area contributed by atoms with Gasteiger partial charge in [0.1, 0.15) is 0 Å². The van der Waals surface area contributed by atoms with Gasteiger partial charge in [-0.05, 0) is 0 Å². The molecular formula is C15H17Cl2FeN2. The van der Waals surface area contributed by atoms with Crippen molar-refractivity contribution in [3.63, 3.8) is 0 Å². The van der Waals surface area contributed by atoms with Crippen molar-refractivity contribution in [3.8, 4) is 0 Å². The summed E-state index contributed by atoms with van der Waals surface area (Å²) in [6.07, 6.45) is 0. The van der Waals surface area contributed by atoms with Crippen LogP contribution in [0.4, 0.5) is 5.69 Å². The van der Waals surface area contributed by atoms with Gasteiger partial charge in [-0.1, -0.05) is 0 Å². The van der Waals surface area contributed by atoms with Gasteiger partial charge in [0.15, 0.2) is 0 Å².